The Morgan fingerprint density at radius 2 is 1.76 bits per heavy atom. The Bertz CT molecular complexity index is 985. The summed E-state index contributed by atoms with van der Waals surface area (Å²) in [5, 5.41) is 3.46. The quantitative estimate of drug-likeness (QED) is 0.779. The van der Waals surface area contributed by atoms with Crippen LogP contribution in [0.4, 0.5) is 5.69 Å². The fourth-order valence-corrected chi connectivity index (χ4v) is 3.09. The highest BCUT2D eigenvalue weighted by Crippen LogP contribution is 2.17. The molecule has 1 aromatic heterocycles. The molecule has 128 valence electrons. The van der Waals surface area contributed by atoms with Gasteiger partial charge in [0.05, 0.1) is 5.52 Å². The van der Waals surface area contributed by atoms with Gasteiger partial charge in [0.1, 0.15) is 0 Å². The highest BCUT2D eigenvalue weighted by molar-refractivity contribution is 6.06. The molecule has 4 nitrogen and oxygen atoms in total. The SMILES string of the molecule is CCc1ccc(NC(=O)c2ccc3c(c2)c(=O)cc(C)n3CC)cc1. The summed E-state index contributed by atoms with van der Waals surface area (Å²) in [6.07, 6.45) is 0.960. The number of nitrogens with one attached hydrogen (secondary N) is 1. The number of benzene rings is 2. The first-order valence-electron chi connectivity index (χ1n) is 8.58. The maximum atomic E-state index is 12.5. The Morgan fingerprint density at radius 3 is 2.40 bits per heavy atom. The van der Waals surface area contributed by atoms with Crippen molar-refractivity contribution in [3.05, 3.63) is 75.6 Å². The van der Waals surface area contributed by atoms with Gasteiger partial charge in [0, 0.05) is 34.9 Å². The van der Waals surface area contributed by atoms with E-state index >= 15 is 0 Å². The summed E-state index contributed by atoms with van der Waals surface area (Å²) >= 11 is 0. The normalized spacial score (nSPS) is 10.8. The molecule has 0 spiro atoms. The van der Waals surface area contributed by atoms with Gasteiger partial charge < -0.3 is 9.88 Å². The third-order valence-electron chi connectivity index (χ3n) is 4.52. The van der Waals surface area contributed by atoms with Crippen LogP contribution >= 0.6 is 0 Å². The lowest BCUT2D eigenvalue weighted by molar-refractivity contribution is 0.102. The van der Waals surface area contributed by atoms with Crippen molar-refractivity contribution in [1.82, 2.24) is 4.57 Å². The number of aryl methyl sites for hydroxylation is 3. The van der Waals surface area contributed by atoms with Crippen molar-refractivity contribution in [2.45, 2.75) is 33.7 Å². The number of pyridine rings is 1. The van der Waals surface area contributed by atoms with Gasteiger partial charge in [-0.2, -0.15) is 0 Å². The van der Waals surface area contributed by atoms with Crippen LogP contribution < -0.4 is 10.7 Å². The summed E-state index contributed by atoms with van der Waals surface area (Å²) in [7, 11) is 0. The van der Waals surface area contributed by atoms with E-state index < -0.39 is 0 Å². The first-order chi connectivity index (χ1) is 12.0. The van der Waals surface area contributed by atoms with Gasteiger partial charge in [0.2, 0.25) is 0 Å². The third kappa shape index (κ3) is 3.33. The fraction of sp³-hybridized carbons (Fsp3) is 0.238. The third-order valence-corrected chi connectivity index (χ3v) is 4.52. The van der Waals surface area contributed by atoms with Crippen LogP contribution in [-0.2, 0) is 13.0 Å². The van der Waals surface area contributed by atoms with Crippen molar-refractivity contribution in [1.29, 1.82) is 0 Å². The second kappa shape index (κ2) is 6.93. The minimum atomic E-state index is -0.214. The summed E-state index contributed by atoms with van der Waals surface area (Å²) in [5.41, 5.74) is 4.18. The van der Waals surface area contributed by atoms with Crippen LogP contribution in [0.25, 0.3) is 10.9 Å². The van der Waals surface area contributed by atoms with Crippen LogP contribution in [0.15, 0.2) is 53.3 Å². The Balaban J connectivity index is 1.95. The highest BCUT2D eigenvalue weighted by atomic mass is 16.1. The van der Waals surface area contributed by atoms with Gasteiger partial charge in [-0.1, -0.05) is 19.1 Å². The topological polar surface area (TPSA) is 51.1 Å². The summed E-state index contributed by atoms with van der Waals surface area (Å²) < 4.78 is 2.07. The molecule has 0 bridgehead atoms. The van der Waals surface area contributed by atoms with Crippen LogP contribution in [0.2, 0.25) is 0 Å². The van der Waals surface area contributed by atoms with E-state index in [1.807, 2.05) is 44.2 Å². The number of hydrogen-bond acceptors (Lipinski definition) is 2. The van der Waals surface area contributed by atoms with Crippen LogP contribution in [0, 0.1) is 6.92 Å². The maximum absolute atomic E-state index is 12.5. The molecule has 1 amide bonds. The van der Waals surface area contributed by atoms with E-state index in [4.69, 9.17) is 0 Å². The lowest BCUT2D eigenvalue weighted by Gasteiger charge is -2.13. The number of hydrogen-bond donors (Lipinski definition) is 1. The summed E-state index contributed by atoms with van der Waals surface area (Å²) in [6, 6.07) is 14.7. The monoisotopic (exact) mass is 334 g/mol. The minimum Gasteiger partial charge on any atom is -0.345 e. The van der Waals surface area contributed by atoms with Gasteiger partial charge in [-0.05, 0) is 56.2 Å². The van der Waals surface area contributed by atoms with Crippen molar-refractivity contribution >= 4 is 22.5 Å². The maximum Gasteiger partial charge on any atom is 0.255 e. The molecule has 1 heterocycles. The number of carbonyl (C=O) groups excluding carboxylic acids is 1. The second-order valence-electron chi connectivity index (χ2n) is 6.13. The Kier molecular flexibility index (Phi) is 4.70. The number of fused-ring (bicyclic) bond motifs is 1. The van der Waals surface area contributed by atoms with E-state index in [1.54, 1.807) is 18.2 Å². The number of aromatic nitrogens is 1. The number of anilines is 1. The molecule has 0 unspecified atom stereocenters. The van der Waals surface area contributed by atoms with E-state index in [0.717, 1.165) is 29.9 Å². The van der Waals surface area contributed by atoms with E-state index in [1.165, 1.54) is 5.56 Å². The lowest BCUT2D eigenvalue weighted by Crippen LogP contribution is -2.15. The van der Waals surface area contributed by atoms with E-state index in [-0.39, 0.29) is 11.3 Å². The van der Waals surface area contributed by atoms with Crippen LogP contribution in [0.3, 0.4) is 0 Å². The molecule has 0 aliphatic carbocycles. The average molecular weight is 334 g/mol. The fourth-order valence-electron chi connectivity index (χ4n) is 3.09. The molecule has 0 saturated heterocycles. The van der Waals surface area contributed by atoms with Crippen molar-refractivity contribution in [3.8, 4) is 0 Å². The molecule has 4 heteroatoms. The number of rotatable bonds is 4. The zero-order valence-electron chi connectivity index (χ0n) is 14.8. The molecule has 0 saturated carbocycles. The van der Waals surface area contributed by atoms with Crippen molar-refractivity contribution < 1.29 is 4.79 Å². The first kappa shape index (κ1) is 17.0. The largest absolute Gasteiger partial charge is 0.345 e. The van der Waals surface area contributed by atoms with Crippen LogP contribution in [-0.4, -0.2) is 10.5 Å². The molecule has 25 heavy (non-hydrogen) atoms. The van der Waals surface area contributed by atoms with Crippen molar-refractivity contribution in [3.63, 3.8) is 0 Å². The molecule has 0 atom stereocenters. The smallest absolute Gasteiger partial charge is 0.255 e. The zero-order valence-corrected chi connectivity index (χ0v) is 14.8. The predicted octanol–water partition coefficient (Wildman–Crippen LogP) is 4.14. The zero-order chi connectivity index (χ0) is 18.0. The first-order valence-corrected chi connectivity index (χ1v) is 8.58. The molecule has 0 aliphatic heterocycles. The number of carbonyl (C=O) groups is 1. The van der Waals surface area contributed by atoms with E-state index in [2.05, 4.69) is 16.8 Å². The molecule has 0 fully saturated rings. The lowest BCUT2D eigenvalue weighted by atomic mass is 10.1. The standard InChI is InChI=1S/C21H22N2O2/c1-4-15-6-9-17(10-7-15)22-21(25)16-8-11-19-18(13-16)20(24)12-14(3)23(19)5-2/h6-13H,4-5H2,1-3H3,(H,22,25). The predicted molar refractivity (Wildman–Crippen MR) is 102 cm³/mol. The van der Waals surface area contributed by atoms with Crippen LogP contribution in [0.5, 0.6) is 0 Å². The van der Waals surface area contributed by atoms with Gasteiger partial charge >= 0.3 is 0 Å². The van der Waals surface area contributed by atoms with E-state index in [0.29, 0.717) is 10.9 Å². The van der Waals surface area contributed by atoms with E-state index in [9.17, 15) is 9.59 Å². The van der Waals surface area contributed by atoms with Gasteiger partial charge in [0.25, 0.3) is 5.91 Å². The van der Waals surface area contributed by atoms with Crippen LogP contribution in [0.1, 0.15) is 35.5 Å². The highest BCUT2D eigenvalue weighted by Gasteiger charge is 2.11. The van der Waals surface area contributed by atoms with Gasteiger partial charge in [-0.15, -0.1) is 0 Å². The Hall–Kier alpha value is -2.88. The summed E-state index contributed by atoms with van der Waals surface area (Å²) in [6.45, 7) is 6.83. The molecule has 0 aliphatic rings. The summed E-state index contributed by atoms with van der Waals surface area (Å²) in [4.78, 5) is 24.9. The minimum absolute atomic E-state index is 0.0563. The van der Waals surface area contributed by atoms with Gasteiger partial charge in [-0.25, -0.2) is 0 Å². The average Bonchev–Trinajstić information content (AvgIpc) is 2.62. The molecule has 0 radical (unpaired) electrons. The Labute approximate surface area is 147 Å². The van der Waals surface area contributed by atoms with Crippen molar-refractivity contribution in [2.75, 3.05) is 5.32 Å². The molecular formula is C21H22N2O2. The molecule has 3 rings (SSSR count). The molecule has 2 aromatic carbocycles. The van der Waals surface area contributed by atoms with Gasteiger partial charge in [0.15, 0.2) is 5.43 Å². The number of amides is 1. The Morgan fingerprint density at radius 1 is 1.04 bits per heavy atom. The van der Waals surface area contributed by atoms with Gasteiger partial charge in [-0.3, -0.25) is 9.59 Å². The summed E-state index contributed by atoms with van der Waals surface area (Å²) in [5.74, 6) is -0.214. The molecule has 3 aromatic rings. The molecular weight excluding hydrogens is 312 g/mol. The second-order valence-corrected chi connectivity index (χ2v) is 6.13. The van der Waals surface area contributed by atoms with Crippen molar-refractivity contribution in [2.24, 2.45) is 0 Å². The number of nitrogens with zero attached hydrogens (tertiary/aromatic N) is 1. The molecule has 1 N–H and O–H groups in total.